The van der Waals surface area contributed by atoms with Gasteiger partial charge in [0.2, 0.25) is 11.8 Å². The molecular weight excluding hydrogens is 376 g/mol. The Morgan fingerprint density at radius 3 is 2.21 bits per heavy atom. The van der Waals surface area contributed by atoms with E-state index in [4.69, 9.17) is 11.6 Å². The van der Waals surface area contributed by atoms with E-state index in [1.807, 2.05) is 13.0 Å². The van der Waals surface area contributed by atoms with Crippen molar-refractivity contribution >= 4 is 40.7 Å². The minimum Gasteiger partial charge on any atom is -0.322 e. The van der Waals surface area contributed by atoms with Gasteiger partial charge in [-0.3, -0.25) is 19.3 Å². The largest absolute Gasteiger partial charge is 0.322 e. The molecule has 1 N–H and O–H groups in total. The molecule has 1 saturated heterocycles. The Labute approximate surface area is 168 Å². The number of hydrogen-bond donors (Lipinski definition) is 1. The Balaban J connectivity index is 1.52. The number of fused-ring (bicyclic) bond motifs is 1. The molecule has 2 aromatic rings. The van der Waals surface area contributed by atoms with Gasteiger partial charge in [-0.05, 0) is 61.7 Å². The molecule has 6 heteroatoms. The highest BCUT2D eigenvalue weighted by Crippen LogP contribution is 2.40. The van der Waals surface area contributed by atoms with Gasteiger partial charge in [-0.15, -0.1) is 0 Å². The summed E-state index contributed by atoms with van der Waals surface area (Å²) in [5.74, 6) is -0.863. The van der Waals surface area contributed by atoms with E-state index >= 15 is 0 Å². The fourth-order valence-electron chi connectivity index (χ4n) is 4.10. The van der Waals surface area contributed by atoms with Crippen molar-refractivity contribution in [2.24, 2.45) is 11.8 Å². The number of carbonyl (C=O) groups is 3. The van der Waals surface area contributed by atoms with Crippen molar-refractivity contribution in [3.05, 3.63) is 58.6 Å². The minimum absolute atomic E-state index is 0.110. The van der Waals surface area contributed by atoms with E-state index in [1.54, 1.807) is 36.4 Å². The Bertz CT molecular complexity index is 931. The maximum atomic E-state index is 12.7. The number of benzene rings is 2. The van der Waals surface area contributed by atoms with Gasteiger partial charge in [-0.2, -0.15) is 0 Å². The van der Waals surface area contributed by atoms with Crippen LogP contribution in [0.5, 0.6) is 0 Å². The number of amides is 3. The van der Waals surface area contributed by atoms with Gasteiger partial charge < -0.3 is 5.32 Å². The van der Waals surface area contributed by atoms with Gasteiger partial charge in [-0.25, -0.2) is 0 Å². The summed E-state index contributed by atoms with van der Waals surface area (Å²) in [6, 6.07) is 11.9. The van der Waals surface area contributed by atoms with Gasteiger partial charge in [0, 0.05) is 16.3 Å². The summed E-state index contributed by atoms with van der Waals surface area (Å²) in [5.41, 5.74) is 2.53. The van der Waals surface area contributed by atoms with Crippen molar-refractivity contribution in [2.45, 2.75) is 32.6 Å². The number of halogens is 1. The molecule has 0 radical (unpaired) electrons. The molecule has 144 valence electrons. The van der Waals surface area contributed by atoms with Crippen LogP contribution < -0.4 is 10.2 Å². The molecule has 3 amide bonds. The monoisotopic (exact) mass is 396 g/mol. The molecule has 0 spiro atoms. The SMILES string of the molecule is Cc1ccc(Cl)cc1NC(=O)c1ccc(N2C(=O)[C@H]3CCCC[C@@H]3C2=O)cc1. The molecule has 1 aliphatic heterocycles. The van der Waals surface area contributed by atoms with Gasteiger partial charge >= 0.3 is 0 Å². The van der Waals surface area contributed by atoms with Gasteiger partial charge in [0.25, 0.3) is 5.91 Å². The molecule has 2 aliphatic rings. The van der Waals surface area contributed by atoms with Crippen LogP contribution in [0.4, 0.5) is 11.4 Å². The fourth-order valence-corrected chi connectivity index (χ4v) is 4.27. The Hall–Kier alpha value is -2.66. The van der Waals surface area contributed by atoms with E-state index in [-0.39, 0.29) is 29.6 Å². The zero-order chi connectivity index (χ0) is 19.8. The second-order valence-corrected chi connectivity index (χ2v) is 7.91. The number of nitrogens with zero attached hydrogens (tertiary/aromatic N) is 1. The fraction of sp³-hybridized carbons (Fsp3) is 0.318. The van der Waals surface area contributed by atoms with Crippen LogP contribution in [0.2, 0.25) is 5.02 Å². The van der Waals surface area contributed by atoms with Crippen molar-refractivity contribution in [2.75, 3.05) is 10.2 Å². The van der Waals surface area contributed by atoms with E-state index in [2.05, 4.69) is 5.32 Å². The average molecular weight is 397 g/mol. The van der Waals surface area contributed by atoms with Crippen molar-refractivity contribution in [3.63, 3.8) is 0 Å². The maximum Gasteiger partial charge on any atom is 0.255 e. The van der Waals surface area contributed by atoms with E-state index in [0.29, 0.717) is 22.0 Å². The van der Waals surface area contributed by atoms with E-state index in [1.165, 1.54) is 4.90 Å². The average Bonchev–Trinajstić information content (AvgIpc) is 2.96. The Kier molecular flexibility index (Phi) is 4.94. The normalized spacial score (nSPS) is 21.6. The maximum absolute atomic E-state index is 12.7. The lowest BCUT2D eigenvalue weighted by atomic mass is 9.81. The third kappa shape index (κ3) is 3.31. The lowest BCUT2D eigenvalue weighted by Gasteiger charge is -2.19. The summed E-state index contributed by atoms with van der Waals surface area (Å²) in [7, 11) is 0. The van der Waals surface area contributed by atoms with Crippen molar-refractivity contribution < 1.29 is 14.4 Å². The Morgan fingerprint density at radius 2 is 1.61 bits per heavy atom. The van der Waals surface area contributed by atoms with E-state index in [0.717, 1.165) is 31.2 Å². The molecule has 1 heterocycles. The quantitative estimate of drug-likeness (QED) is 0.772. The highest BCUT2D eigenvalue weighted by Gasteiger charge is 2.48. The number of aryl methyl sites for hydroxylation is 1. The molecule has 28 heavy (non-hydrogen) atoms. The zero-order valence-corrected chi connectivity index (χ0v) is 16.3. The highest BCUT2D eigenvalue weighted by atomic mass is 35.5. The number of nitrogens with one attached hydrogen (secondary N) is 1. The van der Waals surface area contributed by atoms with Crippen LogP contribution in [0.25, 0.3) is 0 Å². The first kappa shape index (κ1) is 18.7. The number of imide groups is 1. The van der Waals surface area contributed by atoms with Gasteiger partial charge in [0.1, 0.15) is 0 Å². The predicted molar refractivity (Wildman–Crippen MR) is 109 cm³/mol. The lowest BCUT2D eigenvalue weighted by molar-refractivity contribution is -0.122. The smallest absolute Gasteiger partial charge is 0.255 e. The van der Waals surface area contributed by atoms with Crippen LogP contribution in [0.3, 0.4) is 0 Å². The van der Waals surface area contributed by atoms with Crippen LogP contribution >= 0.6 is 11.6 Å². The predicted octanol–water partition coefficient (Wildman–Crippen LogP) is 4.58. The van der Waals surface area contributed by atoms with E-state index < -0.39 is 0 Å². The topological polar surface area (TPSA) is 66.5 Å². The number of hydrogen-bond acceptors (Lipinski definition) is 3. The van der Waals surface area contributed by atoms with Crippen LogP contribution in [0.15, 0.2) is 42.5 Å². The van der Waals surface area contributed by atoms with Gasteiger partial charge in [-0.1, -0.05) is 30.5 Å². The van der Waals surface area contributed by atoms with Gasteiger partial charge in [0.05, 0.1) is 17.5 Å². The molecule has 0 aromatic heterocycles. The summed E-state index contributed by atoms with van der Waals surface area (Å²) in [6.07, 6.45) is 3.56. The summed E-state index contributed by atoms with van der Waals surface area (Å²) in [6.45, 7) is 1.89. The highest BCUT2D eigenvalue weighted by molar-refractivity contribution is 6.31. The lowest BCUT2D eigenvalue weighted by Crippen LogP contribution is -2.30. The minimum atomic E-state index is -0.273. The molecule has 2 atom stereocenters. The standard InChI is InChI=1S/C22H21ClN2O3/c1-13-6-9-15(23)12-19(13)24-20(26)14-7-10-16(11-8-14)25-21(27)17-4-2-3-5-18(17)22(25)28/h6-12,17-18H,2-5H2,1H3,(H,24,26)/t17-,18-/m0/s1. The molecule has 2 fully saturated rings. The third-order valence-corrected chi connectivity index (χ3v) is 5.91. The van der Waals surface area contributed by atoms with E-state index in [9.17, 15) is 14.4 Å². The van der Waals surface area contributed by atoms with Crippen molar-refractivity contribution in [1.82, 2.24) is 0 Å². The van der Waals surface area contributed by atoms with Crippen LogP contribution in [-0.4, -0.2) is 17.7 Å². The first-order valence-electron chi connectivity index (χ1n) is 9.51. The summed E-state index contributed by atoms with van der Waals surface area (Å²) >= 11 is 6.00. The Morgan fingerprint density at radius 1 is 1.00 bits per heavy atom. The third-order valence-electron chi connectivity index (χ3n) is 5.68. The second-order valence-electron chi connectivity index (χ2n) is 7.47. The molecule has 4 rings (SSSR count). The van der Waals surface area contributed by atoms with Crippen molar-refractivity contribution in [1.29, 1.82) is 0 Å². The molecule has 1 saturated carbocycles. The molecule has 0 unspecified atom stereocenters. The zero-order valence-electron chi connectivity index (χ0n) is 15.6. The first-order chi connectivity index (χ1) is 13.5. The molecule has 2 aromatic carbocycles. The van der Waals surface area contributed by atoms with Crippen molar-refractivity contribution in [3.8, 4) is 0 Å². The summed E-state index contributed by atoms with van der Waals surface area (Å²) < 4.78 is 0. The second kappa shape index (κ2) is 7.40. The number of anilines is 2. The van der Waals surface area contributed by atoms with Gasteiger partial charge in [0.15, 0.2) is 0 Å². The number of rotatable bonds is 3. The molecule has 1 aliphatic carbocycles. The molecule has 0 bridgehead atoms. The van der Waals surface area contributed by atoms with Crippen LogP contribution in [-0.2, 0) is 9.59 Å². The number of carbonyl (C=O) groups excluding carboxylic acids is 3. The summed E-state index contributed by atoms with van der Waals surface area (Å²) in [5, 5.41) is 3.39. The molecular formula is C22H21ClN2O3. The van der Waals surface area contributed by atoms with Crippen LogP contribution in [0, 0.1) is 18.8 Å². The molecule has 5 nitrogen and oxygen atoms in total. The summed E-state index contributed by atoms with van der Waals surface area (Å²) in [4.78, 5) is 39.2. The van der Waals surface area contributed by atoms with Crippen LogP contribution in [0.1, 0.15) is 41.6 Å². The first-order valence-corrected chi connectivity index (χ1v) is 9.89.